The molecule has 8 aliphatic rings. The summed E-state index contributed by atoms with van der Waals surface area (Å²) in [6.07, 6.45) is 18.1. The molecule has 16 heterocycles. The van der Waals surface area contributed by atoms with Gasteiger partial charge in [0.15, 0.2) is 0 Å². The summed E-state index contributed by atoms with van der Waals surface area (Å²) in [5.74, 6) is 6.97. The quantitative estimate of drug-likeness (QED) is 0.0351. The number of aromatic nitrogens is 20. The van der Waals surface area contributed by atoms with Crippen LogP contribution < -0.4 is 51.9 Å². The molecule has 32 nitrogen and oxygen atoms in total. The third kappa shape index (κ3) is 18.7. The van der Waals surface area contributed by atoms with E-state index in [0.717, 1.165) is 254 Å². The van der Waals surface area contributed by atoms with Gasteiger partial charge in [-0.25, -0.2) is 59.8 Å². The second-order valence-corrected chi connectivity index (χ2v) is 37.6. The fourth-order valence-corrected chi connectivity index (χ4v) is 19.7. The van der Waals surface area contributed by atoms with Crippen LogP contribution >= 0.6 is 0 Å². The van der Waals surface area contributed by atoms with Gasteiger partial charge in [-0.05, 0) is 116 Å². The van der Waals surface area contributed by atoms with Crippen molar-refractivity contribution in [2.45, 2.75) is 204 Å². The van der Waals surface area contributed by atoms with Gasteiger partial charge in [0, 0.05) is 232 Å². The van der Waals surface area contributed by atoms with Crippen LogP contribution in [0, 0.1) is 0 Å². The molecule has 7 N–H and O–H groups in total. The van der Waals surface area contributed by atoms with Crippen LogP contribution in [0.25, 0.3) is 45.0 Å². The molecular weight excluding hydrogens is 1610 g/mol. The number of rotatable bonds is 21. The number of likely N-dealkylation sites (N-methyl/N-ethyl adjacent to an activating group) is 1. The van der Waals surface area contributed by atoms with Crippen LogP contribution in [-0.2, 0) is 63.3 Å². The topological polar surface area (TPSA) is 326 Å². The molecule has 1 unspecified atom stereocenters. The minimum atomic E-state index is -0.0643. The third-order valence-electron chi connectivity index (χ3n) is 26.2. The highest BCUT2D eigenvalue weighted by Crippen LogP contribution is 2.50. The van der Waals surface area contributed by atoms with E-state index in [1.165, 1.54) is 61.7 Å². The van der Waals surface area contributed by atoms with Gasteiger partial charge < -0.3 is 56.8 Å². The zero-order valence-corrected chi connectivity index (χ0v) is 78.8. The SMILES string of the molecule is CC(C)c1c2c(nn1C)C(C)c1cnc(Nc3ccc(N4CCNCC4)cn3)nc1-2.CCN1CCN(Cc2ccc(Nc3ncc4c(n3)-c3c(nn(CC)c3C(C)C)C4)nc2)CC1.CCn1nc2c(c1C(C)C)-c1nc(Nc3ccc(N4CCNCC4)cn3)ncc1C(C)(C)C2.CCn1nc2c(c1C(C)C)-c1nc(Nc3ccc(N4CCNCC4)cn3)ncc1CC2(C)C. The van der Waals surface area contributed by atoms with Gasteiger partial charge in [0.1, 0.15) is 23.3 Å². The molecule has 129 heavy (non-hydrogen) atoms. The Morgan fingerprint density at radius 3 is 1.27 bits per heavy atom. The zero-order valence-electron chi connectivity index (χ0n) is 78.8. The van der Waals surface area contributed by atoms with Gasteiger partial charge in [-0.15, -0.1) is 0 Å². The molecule has 0 spiro atoms. The molecule has 4 aliphatic carbocycles. The number of nitrogens with one attached hydrogen (secondary N) is 7. The van der Waals surface area contributed by atoms with Gasteiger partial charge >= 0.3 is 0 Å². The summed E-state index contributed by atoms with van der Waals surface area (Å²) in [4.78, 5) is 68.7. The molecule has 4 fully saturated rings. The third-order valence-corrected chi connectivity index (χ3v) is 26.2. The summed E-state index contributed by atoms with van der Waals surface area (Å²) in [7, 11) is 2.02. The Labute approximate surface area is 759 Å². The maximum Gasteiger partial charge on any atom is 0.228 e. The molecule has 1 atom stereocenters. The Morgan fingerprint density at radius 1 is 0.388 bits per heavy atom. The van der Waals surface area contributed by atoms with Crippen molar-refractivity contribution in [2.75, 3.05) is 147 Å². The maximum atomic E-state index is 5.02. The van der Waals surface area contributed by atoms with Gasteiger partial charge in [-0.2, -0.15) is 20.4 Å². The van der Waals surface area contributed by atoms with Gasteiger partial charge in [-0.1, -0.05) is 103 Å². The summed E-state index contributed by atoms with van der Waals surface area (Å²) >= 11 is 0. The molecule has 12 aromatic heterocycles. The van der Waals surface area contributed by atoms with E-state index < -0.39 is 0 Å². The number of anilines is 11. The average Bonchev–Trinajstić information content (AvgIpc) is 1.61. The van der Waals surface area contributed by atoms with E-state index in [4.69, 9.17) is 40.3 Å². The second kappa shape index (κ2) is 38.1. The minimum absolute atomic E-state index is 0.0495. The lowest BCUT2D eigenvalue weighted by atomic mass is 9.74. The van der Waals surface area contributed by atoms with E-state index in [1.807, 2.05) is 85.6 Å². The highest BCUT2D eigenvalue weighted by Gasteiger charge is 2.42. The van der Waals surface area contributed by atoms with Crippen LogP contribution in [0.1, 0.15) is 221 Å². The Kier molecular flexibility index (Phi) is 26.3. The second-order valence-electron chi connectivity index (χ2n) is 37.6. The standard InChI is InChI=1S/3C25H34N8.C22H28N8/c1-6-33-22(16(2)3)20-21-17(13-25(4,5)23(20)31-33)14-28-24(30-21)29-19-8-7-18(15-27-19)32-11-9-26-10-12-32;1-6-33-23(16(2)3)21-19(31-33)13-25(4,5)18-15-28-24(30-22(18)21)29-20-8-7-17(14-27-20)32-11-9-26-10-12-32;1-5-31-9-11-32(12-10-31)16-18-7-8-21(26-14-18)28-25-27-15-19-13-20-22(23(19)29-25)24(17(3)4)33(6-2)30-20;1-13(2)21-18-19(28-29(21)4)14(3)16-12-25-22(27-20(16)18)26-17-6-5-15(11-24-17)30-9-7-23-8-10-30/h2*7-8,14-16,26H,6,9-13H2,1-5H3,(H,27,28,29,30);7-8,14-15,17H,5-6,9-13,16H2,1-4H3,(H,26,27,28,29);5-6,11-14,23H,7-10H2,1-4H3,(H,24,25,26,27). The first kappa shape index (κ1) is 89.2. The molecule has 678 valence electrons. The lowest BCUT2D eigenvalue weighted by molar-refractivity contribution is 0.132. The molecule has 12 aromatic rings. The van der Waals surface area contributed by atoms with Gasteiger partial charge in [0.05, 0.1) is 104 Å². The molecule has 0 radical (unpaired) electrons. The molecule has 32 heteroatoms. The lowest BCUT2D eigenvalue weighted by Gasteiger charge is -2.33. The average molecular weight is 1740 g/mol. The Bertz CT molecular complexity index is 5890. The number of piperazine rings is 4. The first-order valence-electron chi connectivity index (χ1n) is 46.9. The van der Waals surface area contributed by atoms with Crippen molar-refractivity contribution in [1.29, 1.82) is 0 Å². The van der Waals surface area contributed by atoms with Gasteiger partial charge in [0.25, 0.3) is 0 Å². The number of nitrogens with zero attached hydrogens (tertiary/aromatic N) is 25. The number of hydrogen-bond donors (Lipinski definition) is 7. The summed E-state index contributed by atoms with van der Waals surface area (Å²) in [6, 6.07) is 16.5. The van der Waals surface area contributed by atoms with E-state index in [9.17, 15) is 0 Å². The number of pyridine rings is 4. The van der Waals surface area contributed by atoms with E-state index in [1.54, 1.807) is 0 Å². The normalized spacial score (nSPS) is 17.1. The van der Waals surface area contributed by atoms with Crippen LogP contribution in [0.4, 0.5) is 64.1 Å². The van der Waals surface area contributed by atoms with Crippen LogP contribution in [0.2, 0.25) is 0 Å². The van der Waals surface area contributed by atoms with Crippen LogP contribution in [0.5, 0.6) is 0 Å². The van der Waals surface area contributed by atoms with E-state index >= 15 is 0 Å². The van der Waals surface area contributed by atoms with Crippen molar-refractivity contribution in [3.05, 3.63) is 171 Å². The Hall–Kier alpha value is -11.8. The van der Waals surface area contributed by atoms with Crippen LogP contribution in [0.15, 0.2) is 98.1 Å². The molecule has 0 saturated carbocycles. The highest BCUT2D eigenvalue weighted by molar-refractivity contribution is 5.80. The number of aryl methyl sites for hydroxylation is 4. The van der Waals surface area contributed by atoms with E-state index in [-0.39, 0.29) is 16.7 Å². The minimum Gasteiger partial charge on any atom is -0.368 e. The number of fused-ring (bicyclic) bond motifs is 12. The summed E-state index contributed by atoms with van der Waals surface area (Å²) in [5, 5.41) is 43.0. The predicted octanol–water partition coefficient (Wildman–Crippen LogP) is 14.4. The summed E-state index contributed by atoms with van der Waals surface area (Å²) in [6.45, 7) is 58.9. The summed E-state index contributed by atoms with van der Waals surface area (Å²) in [5.41, 5.74) is 27.4. The van der Waals surface area contributed by atoms with Crippen LogP contribution in [-0.4, -0.2) is 220 Å². The molecule has 4 aliphatic heterocycles. The van der Waals surface area contributed by atoms with Gasteiger partial charge in [0.2, 0.25) is 23.8 Å². The number of hydrogen-bond acceptors (Lipinski definition) is 28. The molecule has 20 rings (SSSR count). The van der Waals surface area contributed by atoms with Crippen molar-refractivity contribution in [3.63, 3.8) is 0 Å². The molecule has 4 saturated heterocycles. The smallest absolute Gasteiger partial charge is 0.228 e. The van der Waals surface area contributed by atoms with Crippen molar-refractivity contribution in [3.8, 4) is 45.0 Å². The Morgan fingerprint density at radius 2 is 0.806 bits per heavy atom. The van der Waals surface area contributed by atoms with Crippen molar-refractivity contribution >= 4 is 64.1 Å². The van der Waals surface area contributed by atoms with E-state index in [2.05, 4.69) is 258 Å². The molecule has 0 bridgehead atoms. The largest absolute Gasteiger partial charge is 0.368 e. The fourth-order valence-electron chi connectivity index (χ4n) is 19.7. The lowest BCUT2D eigenvalue weighted by Crippen LogP contribution is -2.45. The van der Waals surface area contributed by atoms with Crippen LogP contribution in [0.3, 0.4) is 0 Å². The van der Waals surface area contributed by atoms with E-state index in [0.29, 0.717) is 47.5 Å². The Balaban J connectivity index is 0.000000121. The maximum absolute atomic E-state index is 5.02. The molecule has 0 aromatic carbocycles. The first-order chi connectivity index (χ1) is 62.3. The van der Waals surface area contributed by atoms with Gasteiger partial charge in [-0.3, -0.25) is 23.6 Å². The van der Waals surface area contributed by atoms with Crippen molar-refractivity contribution in [2.24, 2.45) is 7.05 Å². The van der Waals surface area contributed by atoms with Crippen molar-refractivity contribution < 1.29 is 0 Å². The fraction of sp³-hybridized carbons (Fsp3) is 0.505. The highest BCUT2D eigenvalue weighted by atomic mass is 15.3. The first-order valence-corrected chi connectivity index (χ1v) is 46.9. The molecular formula is C97H130N32. The molecule has 0 amide bonds. The zero-order chi connectivity index (χ0) is 90.1. The monoisotopic (exact) mass is 1740 g/mol. The predicted molar refractivity (Wildman–Crippen MR) is 514 cm³/mol. The summed E-state index contributed by atoms with van der Waals surface area (Å²) < 4.78 is 8.42. The van der Waals surface area contributed by atoms with Crippen molar-refractivity contribution in [1.82, 2.24) is 125 Å².